The van der Waals surface area contributed by atoms with Crippen LogP contribution in [-0.2, 0) is 0 Å². The fraction of sp³-hybridized carbons (Fsp3) is 0.500. The SMILES string of the molecule is CC(C)(CO)CNc1cc2c(cc1[N+](=O)[O-])OCO2. The summed E-state index contributed by atoms with van der Waals surface area (Å²) in [6, 6.07) is 2.89. The van der Waals surface area contributed by atoms with Gasteiger partial charge in [0.25, 0.3) is 5.69 Å². The molecule has 0 radical (unpaired) electrons. The van der Waals surface area contributed by atoms with E-state index < -0.39 is 4.92 Å². The zero-order chi connectivity index (χ0) is 14.0. The lowest BCUT2D eigenvalue weighted by molar-refractivity contribution is -0.384. The second-order valence-electron chi connectivity index (χ2n) is 5.16. The van der Waals surface area contributed by atoms with E-state index in [1.54, 1.807) is 6.07 Å². The van der Waals surface area contributed by atoms with Gasteiger partial charge >= 0.3 is 0 Å². The van der Waals surface area contributed by atoms with Gasteiger partial charge in [-0.25, -0.2) is 0 Å². The molecule has 0 saturated carbocycles. The number of rotatable bonds is 5. The smallest absolute Gasteiger partial charge is 0.296 e. The van der Waals surface area contributed by atoms with E-state index in [-0.39, 0.29) is 24.5 Å². The van der Waals surface area contributed by atoms with Gasteiger partial charge in [-0.2, -0.15) is 0 Å². The van der Waals surface area contributed by atoms with Crippen molar-refractivity contribution in [2.24, 2.45) is 5.41 Å². The molecule has 19 heavy (non-hydrogen) atoms. The van der Waals surface area contributed by atoms with Crippen molar-refractivity contribution in [3.05, 3.63) is 22.2 Å². The topological polar surface area (TPSA) is 93.9 Å². The molecule has 1 heterocycles. The summed E-state index contributed by atoms with van der Waals surface area (Å²) in [5.74, 6) is 0.855. The summed E-state index contributed by atoms with van der Waals surface area (Å²) in [4.78, 5) is 10.6. The van der Waals surface area contributed by atoms with E-state index in [1.807, 2.05) is 13.8 Å². The lowest BCUT2D eigenvalue weighted by atomic mass is 9.95. The van der Waals surface area contributed by atoms with Gasteiger partial charge in [0.2, 0.25) is 6.79 Å². The molecule has 2 rings (SSSR count). The van der Waals surface area contributed by atoms with E-state index in [4.69, 9.17) is 9.47 Å². The summed E-state index contributed by atoms with van der Waals surface area (Å²) in [5.41, 5.74) is -0.0849. The minimum Gasteiger partial charge on any atom is -0.454 e. The maximum atomic E-state index is 11.0. The number of aliphatic hydroxyl groups is 1. The van der Waals surface area contributed by atoms with Crippen LogP contribution in [-0.4, -0.2) is 30.0 Å². The van der Waals surface area contributed by atoms with E-state index in [0.717, 1.165) is 0 Å². The highest BCUT2D eigenvalue weighted by Gasteiger charge is 2.25. The summed E-state index contributed by atoms with van der Waals surface area (Å²) in [5, 5.41) is 23.2. The zero-order valence-electron chi connectivity index (χ0n) is 10.8. The predicted octanol–water partition coefficient (Wildman–Crippen LogP) is 1.75. The zero-order valence-corrected chi connectivity index (χ0v) is 10.8. The monoisotopic (exact) mass is 268 g/mol. The van der Waals surface area contributed by atoms with Crippen LogP contribution in [0.5, 0.6) is 11.5 Å². The van der Waals surface area contributed by atoms with Crippen LogP contribution >= 0.6 is 0 Å². The van der Waals surface area contributed by atoms with Crippen LogP contribution in [0.1, 0.15) is 13.8 Å². The van der Waals surface area contributed by atoms with Crippen LogP contribution in [0.4, 0.5) is 11.4 Å². The van der Waals surface area contributed by atoms with Gasteiger partial charge in [-0.1, -0.05) is 13.8 Å². The van der Waals surface area contributed by atoms with Crippen LogP contribution in [0.15, 0.2) is 12.1 Å². The molecule has 0 aromatic heterocycles. The highest BCUT2D eigenvalue weighted by molar-refractivity contribution is 5.69. The average Bonchev–Trinajstić information content (AvgIpc) is 2.82. The molecule has 1 aromatic rings. The largest absolute Gasteiger partial charge is 0.454 e. The molecule has 0 aliphatic carbocycles. The number of nitrogens with one attached hydrogen (secondary N) is 1. The molecule has 0 amide bonds. The Bertz CT molecular complexity index is 501. The Balaban J connectivity index is 2.26. The van der Waals surface area contributed by atoms with Crippen molar-refractivity contribution in [1.82, 2.24) is 0 Å². The molecule has 104 valence electrons. The molecule has 0 saturated heterocycles. The van der Waals surface area contributed by atoms with Gasteiger partial charge in [-0.15, -0.1) is 0 Å². The maximum absolute atomic E-state index is 11.0. The number of anilines is 1. The van der Waals surface area contributed by atoms with E-state index in [2.05, 4.69) is 5.32 Å². The molecule has 7 heteroatoms. The number of nitro groups is 1. The normalized spacial score (nSPS) is 13.4. The first-order valence-corrected chi connectivity index (χ1v) is 5.86. The Kier molecular flexibility index (Phi) is 3.48. The third-order valence-corrected chi connectivity index (χ3v) is 2.87. The molecule has 0 unspecified atom stereocenters. The number of aliphatic hydroxyl groups excluding tert-OH is 1. The molecule has 0 spiro atoms. The number of benzene rings is 1. The number of ether oxygens (including phenoxy) is 2. The Hall–Kier alpha value is -2.02. The van der Waals surface area contributed by atoms with Gasteiger partial charge in [0.05, 0.1) is 11.0 Å². The highest BCUT2D eigenvalue weighted by Crippen LogP contribution is 2.40. The molecule has 0 bridgehead atoms. The van der Waals surface area contributed by atoms with Crippen LogP contribution < -0.4 is 14.8 Å². The number of hydrogen-bond acceptors (Lipinski definition) is 6. The summed E-state index contributed by atoms with van der Waals surface area (Å²) in [6.45, 7) is 4.18. The van der Waals surface area contributed by atoms with E-state index in [9.17, 15) is 15.2 Å². The Morgan fingerprint density at radius 2 is 2.05 bits per heavy atom. The van der Waals surface area contributed by atoms with Crippen LogP contribution in [0, 0.1) is 15.5 Å². The van der Waals surface area contributed by atoms with Crippen LogP contribution in [0.25, 0.3) is 0 Å². The van der Waals surface area contributed by atoms with Crippen molar-refractivity contribution in [1.29, 1.82) is 0 Å². The van der Waals surface area contributed by atoms with Gasteiger partial charge in [0.1, 0.15) is 5.69 Å². The van der Waals surface area contributed by atoms with Crippen molar-refractivity contribution in [3.8, 4) is 11.5 Å². The second kappa shape index (κ2) is 4.93. The summed E-state index contributed by atoms with van der Waals surface area (Å²) < 4.78 is 10.3. The second-order valence-corrected chi connectivity index (χ2v) is 5.16. The van der Waals surface area contributed by atoms with Gasteiger partial charge in [0.15, 0.2) is 11.5 Å². The molecule has 2 N–H and O–H groups in total. The fourth-order valence-corrected chi connectivity index (χ4v) is 1.61. The number of fused-ring (bicyclic) bond motifs is 1. The molecule has 1 aliphatic heterocycles. The molecule has 1 aliphatic rings. The van der Waals surface area contributed by atoms with Crippen LogP contribution in [0.2, 0.25) is 0 Å². The van der Waals surface area contributed by atoms with Gasteiger partial charge in [-0.3, -0.25) is 10.1 Å². The summed E-state index contributed by atoms with van der Waals surface area (Å²) in [7, 11) is 0. The highest BCUT2D eigenvalue weighted by atomic mass is 16.7. The molecule has 1 aromatic carbocycles. The van der Waals surface area contributed by atoms with Crippen molar-refractivity contribution in [2.75, 3.05) is 25.3 Å². The van der Waals surface area contributed by atoms with Gasteiger partial charge < -0.3 is 19.9 Å². The standard InChI is InChI=1S/C12H16N2O5/c1-12(2,6-15)5-13-8-3-10-11(19-7-18-10)4-9(8)14(16)17/h3-4,13,15H,5-7H2,1-2H3. The molecule has 0 fully saturated rings. The van der Waals surface area contributed by atoms with Crippen molar-refractivity contribution in [3.63, 3.8) is 0 Å². The third kappa shape index (κ3) is 2.87. The first kappa shape index (κ1) is 13.4. The number of hydrogen-bond donors (Lipinski definition) is 2. The first-order chi connectivity index (χ1) is 8.93. The summed E-state index contributed by atoms with van der Waals surface area (Å²) in [6.07, 6.45) is 0. The number of nitrogens with zero attached hydrogens (tertiary/aromatic N) is 1. The lowest BCUT2D eigenvalue weighted by Crippen LogP contribution is -2.27. The van der Waals surface area contributed by atoms with Crippen molar-refractivity contribution < 1.29 is 19.5 Å². The average molecular weight is 268 g/mol. The molecular weight excluding hydrogens is 252 g/mol. The first-order valence-electron chi connectivity index (χ1n) is 5.86. The molecule has 7 nitrogen and oxygen atoms in total. The minimum absolute atomic E-state index is 0.0155. The Morgan fingerprint density at radius 3 is 2.63 bits per heavy atom. The van der Waals surface area contributed by atoms with Gasteiger partial charge in [-0.05, 0) is 0 Å². The van der Waals surface area contributed by atoms with Crippen molar-refractivity contribution in [2.45, 2.75) is 13.8 Å². The predicted molar refractivity (Wildman–Crippen MR) is 68.6 cm³/mol. The van der Waals surface area contributed by atoms with Gasteiger partial charge in [0, 0.05) is 24.6 Å². The summed E-state index contributed by atoms with van der Waals surface area (Å²) >= 11 is 0. The van der Waals surface area contributed by atoms with Crippen molar-refractivity contribution >= 4 is 11.4 Å². The lowest BCUT2D eigenvalue weighted by Gasteiger charge is -2.22. The third-order valence-electron chi connectivity index (χ3n) is 2.87. The fourth-order valence-electron chi connectivity index (χ4n) is 1.61. The van der Waals surface area contributed by atoms with E-state index in [0.29, 0.717) is 23.7 Å². The Labute approximate surface area is 110 Å². The quantitative estimate of drug-likeness (QED) is 0.624. The number of nitro benzene ring substituents is 1. The maximum Gasteiger partial charge on any atom is 0.296 e. The molecule has 0 atom stereocenters. The van der Waals surface area contributed by atoms with Crippen LogP contribution in [0.3, 0.4) is 0 Å². The van der Waals surface area contributed by atoms with E-state index >= 15 is 0 Å². The molecular formula is C12H16N2O5. The van der Waals surface area contributed by atoms with E-state index in [1.165, 1.54) is 6.07 Å². The minimum atomic E-state index is -0.476. The Morgan fingerprint density at radius 1 is 1.42 bits per heavy atom.